The predicted molar refractivity (Wildman–Crippen MR) is 92.6 cm³/mol. The number of rotatable bonds is 4. The van der Waals surface area contributed by atoms with E-state index in [0.29, 0.717) is 23.9 Å². The highest BCUT2D eigenvalue weighted by atomic mass is 32.1. The lowest BCUT2D eigenvalue weighted by Gasteiger charge is -2.13. The Morgan fingerprint density at radius 1 is 1.28 bits per heavy atom. The molecule has 3 rings (SSSR count). The van der Waals surface area contributed by atoms with Crippen LogP contribution in [-0.4, -0.2) is 21.6 Å². The summed E-state index contributed by atoms with van der Waals surface area (Å²) < 4.78 is 39.7. The molecule has 0 aliphatic rings. The number of amides is 1. The maximum absolute atomic E-state index is 12.6. The Hall–Kier alpha value is -2.35. The van der Waals surface area contributed by atoms with Gasteiger partial charge in [-0.05, 0) is 18.1 Å². The molecule has 0 saturated carbocycles. The summed E-state index contributed by atoms with van der Waals surface area (Å²) in [6.45, 7) is 4.77. The van der Waals surface area contributed by atoms with Crippen molar-refractivity contribution in [3.63, 3.8) is 0 Å². The number of carbonyl (C=O) groups is 1. The van der Waals surface area contributed by atoms with Gasteiger partial charge in [0.2, 0.25) is 0 Å². The minimum absolute atomic E-state index is 0.118. The van der Waals surface area contributed by atoms with Crippen molar-refractivity contribution in [1.29, 1.82) is 0 Å². The van der Waals surface area contributed by atoms with Gasteiger partial charge >= 0.3 is 12.1 Å². The fourth-order valence-electron chi connectivity index (χ4n) is 2.59. The third-order valence-corrected chi connectivity index (χ3v) is 4.35. The summed E-state index contributed by atoms with van der Waals surface area (Å²) >= 11 is 1.22. The number of carbonyl (C=O) groups excluding carboxylic acids is 1. The molecule has 4 nitrogen and oxygen atoms in total. The molecule has 0 saturated heterocycles. The van der Waals surface area contributed by atoms with Gasteiger partial charge in [0.15, 0.2) is 0 Å². The zero-order chi connectivity index (χ0) is 18.2. The lowest BCUT2D eigenvalue weighted by Crippen LogP contribution is -2.30. The van der Waals surface area contributed by atoms with Crippen LogP contribution in [0.2, 0.25) is 0 Å². The lowest BCUT2D eigenvalue weighted by atomic mass is 10.2. The second-order valence-corrected chi connectivity index (χ2v) is 6.82. The molecular formula is C17H16F3N3OS. The molecule has 2 aromatic heterocycles. The molecule has 0 fully saturated rings. The van der Waals surface area contributed by atoms with E-state index in [4.69, 9.17) is 0 Å². The van der Waals surface area contributed by atoms with Crippen molar-refractivity contribution >= 4 is 34.0 Å². The zero-order valence-electron chi connectivity index (χ0n) is 13.6. The largest absolute Gasteiger partial charge is 0.471 e. The van der Waals surface area contributed by atoms with Gasteiger partial charge in [0, 0.05) is 17.3 Å². The average molecular weight is 367 g/mol. The van der Waals surface area contributed by atoms with E-state index >= 15 is 0 Å². The fourth-order valence-corrected chi connectivity index (χ4v) is 3.35. The molecule has 0 bridgehead atoms. The summed E-state index contributed by atoms with van der Waals surface area (Å²) in [6, 6.07) is 7.54. The first-order chi connectivity index (χ1) is 11.8. The number of alkyl halides is 3. The van der Waals surface area contributed by atoms with Crippen LogP contribution >= 0.6 is 11.3 Å². The predicted octanol–water partition coefficient (Wildman–Crippen LogP) is 4.92. The van der Waals surface area contributed by atoms with Crippen LogP contribution in [0.4, 0.5) is 18.9 Å². The summed E-state index contributed by atoms with van der Waals surface area (Å²) in [5.74, 6) is -1.12. The van der Waals surface area contributed by atoms with Crippen molar-refractivity contribution in [3.8, 4) is 11.4 Å². The number of benzene rings is 1. The number of aromatic nitrogens is 2. The van der Waals surface area contributed by atoms with Crippen molar-refractivity contribution in [1.82, 2.24) is 9.55 Å². The molecule has 0 aliphatic carbocycles. The number of nitrogens with zero attached hydrogens (tertiary/aromatic N) is 2. The number of para-hydroxylation sites is 2. The lowest BCUT2D eigenvalue weighted by molar-refractivity contribution is -0.167. The van der Waals surface area contributed by atoms with Crippen molar-refractivity contribution in [3.05, 3.63) is 35.0 Å². The molecule has 8 heteroatoms. The maximum atomic E-state index is 12.6. The molecule has 2 heterocycles. The summed E-state index contributed by atoms with van der Waals surface area (Å²) in [5.41, 5.74) is 2.27. The number of hydrogen-bond donors (Lipinski definition) is 1. The van der Waals surface area contributed by atoms with E-state index in [1.165, 1.54) is 16.7 Å². The quantitative estimate of drug-likeness (QED) is 0.711. The Labute approximate surface area is 146 Å². The number of nitrogens with one attached hydrogen (secondary N) is 1. The first kappa shape index (κ1) is 17.5. The number of thiophene rings is 1. The first-order valence-corrected chi connectivity index (χ1v) is 8.61. The molecular weight excluding hydrogens is 351 g/mol. The Bertz CT molecular complexity index is 911. The molecule has 132 valence electrons. The van der Waals surface area contributed by atoms with E-state index in [9.17, 15) is 18.0 Å². The van der Waals surface area contributed by atoms with Gasteiger partial charge in [-0.3, -0.25) is 4.79 Å². The Balaban J connectivity index is 2.08. The normalized spacial score (nSPS) is 12.1. The molecule has 0 unspecified atom stereocenters. The van der Waals surface area contributed by atoms with E-state index in [1.807, 2.05) is 34.1 Å². The van der Waals surface area contributed by atoms with Crippen molar-refractivity contribution in [2.24, 2.45) is 5.92 Å². The van der Waals surface area contributed by atoms with Crippen molar-refractivity contribution in [2.45, 2.75) is 26.6 Å². The topological polar surface area (TPSA) is 46.9 Å². The van der Waals surface area contributed by atoms with Crippen molar-refractivity contribution in [2.75, 3.05) is 5.32 Å². The molecule has 1 N–H and O–H groups in total. The zero-order valence-corrected chi connectivity index (χ0v) is 14.4. The summed E-state index contributed by atoms with van der Waals surface area (Å²) in [5, 5.41) is 5.13. The Kier molecular flexibility index (Phi) is 4.55. The maximum Gasteiger partial charge on any atom is 0.471 e. The second kappa shape index (κ2) is 6.51. The van der Waals surface area contributed by atoms with Gasteiger partial charge in [-0.2, -0.15) is 13.2 Å². The SMILES string of the molecule is CC(C)Cn1c(-c2cscc2NC(=O)C(F)(F)F)nc2ccccc21. The number of imidazole rings is 1. The third-order valence-electron chi connectivity index (χ3n) is 3.61. The van der Waals surface area contributed by atoms with Crippen LogP contribution in [-0.2, 0) is 11.3 Å². The number of hydrogen-bond acceptors (Lipinski definition) is 3. The highest BCUT2D eigenvalue weighted by Gasteiger charge is 2.39. The molecule has 1 amide bonds. The van der Waals surface area contributed by atoms with Crippen LogP contribution in [0, 0.1) is 5.92 Å². The van der Waals surface area contributed by atoms with Crippen LogP contribution in [0.15, 0.2) is 35.0 Å². The Morgan fingerprint density at radius 3 is 2.68 bits per heavy atom. The average Bonchev–Trinajstić information content (AvgIpc) is 3.11. The van der Waals surface area contributed by atoms with E-state index < -0.39 is 12.1 Å². The minimum Gasteiger partial charge on any atom is -0.324 e. The standard InChI is InChI=1S/C17H16F3N3OS/c1-10(2)7-23-14-6-4-3-5-12(14)21-15(23)11-8-25-9-13(11)22-16(24)17(18,19)20/h3-6,8-10H,7H2,1-2H3,(H,22,24). The van der Waals surface area contributed by atoms with E-state index in [-0.39, 0.29) is 5.69 Å². The number of anilines is 1. The molecule has 3 aromatic rings. The van der Waals surface area contributed by atoms with Crippen LogP contribution in [0.25, 0.3) is 22.4 Å². The second-order valence-electron chi connectivity index (χ2n) is 6.08. The highest BCUT2D eigenvalue weighted by Crippen LogP contribution is 2.34. The van der Waals surface area contributed by atoms with Crippen LogP contribution in [0.3, 0.4) is 0 Å². The number of halogens is 3. The van der Waals surface area contributed by atoms with Crippen LogP contribution < -0.4 is 5.32 Å². The van der Waals surface area contributed by atoms with Gasteiger partial charge in [-0.25, -0.2) is 4.98 Å². The molecule has 0 spiro atoms. The number of fused-ring (bicyclic) bond motifs is 1. The van der Waals surface area contributed by atoms with Gasteiger partial charge in [-0.1, -0.05) is 26.0 Å². The smallest absolute Gasteiger partial charge is 0.324 e. The third kappa shape index (κ3) is 3.53. The van der Waals surface area contributed by atoms with Gasteiger partial charge in [0.1, 0.15) is 5.82 Å². The Morgan fingerprint density at radius 2 is 2.00 bits per heavy atom. The molecule has 1 aromatic carbocycles. The van der Waals surface area contributed by atoms with Gasteiger partial charge in [-0.15, -0.1) is 11.3 Å². The highest BCUT2D eigenvalue weighted by molar-refractivity contribution is 7.08. The monoisotopic (exact) mass is 367 g/mol. The van der Waals surface area contributed by atoms with Gasteiger partial charge in [0.25, 0.3) is 0 Å². The molecule has 0 atom stereocenters. The summed E-state index contributed by atoms with van der Waals surface area (Å²) in [7, 11) is 0. The molecule has 25 heavy (non-hydrogen) atoms. The van der Waals surface area contributed by atoms with Gasteiger partial charge in [0.05, 0.1) is 22.3 Å². The van der Waals surface area contributed by atoms with Crippen LogP contribution in [0.1, 0.15) is 13.8 Å². The molecule has 0 radical (unpaired) electrons. The van der Waals surface area contributed by atoms with E-state index in [2.05, 4.69) is 18.8 Å². The summed E-state index contributed by atoms with van der Waals surface area (Å²) in [4.78, 5) is 15.9. The van der Waals surface area contributed by atoms with E-state index in [0.717, 1.165) is 11.0 Å². The minimum atomic E-state index is -4.93. The van der Waals surface area contributed by atoms with Gasteiger partial charge < -0.3 is 9.88 Å². The molecule has 0 aliphatic heterocycles. The van der Waals surface area contributed by atoms with Crippen LogP contribution in [0.5, 0.6) is 0 Å². The van der Waals surface area contributed by atoms with Crippen molar-refractivity contribution < 1.29 is 18.0 Å². The summed E-state index contributed by atoms with van der Waals surface area (Å²) in [6.07, 6.45) is -4.93. The van der Waals surface area contributed by atoms with E-state index in [1.54, 1.807) is 5.38 Å². The first-order valence-electron chi connectivity index (χ1n) is 7.67. The fraction of sp³-hybridized carbons (Fsp3) is 0.294.